The molecule has 19 heavy (non-hydrogen) atoms. The van der Waals surface area contributed by atoms with E-state index in [0.717, 1.165) is 18.7 Å². The molecule has 0 radical (unpaired) electrons. The van der Waals surface area contributed by atoms with Crippen molar-refractivity contribution in [2.75, 3.05) is 13.6 Å². The SMILES string of the molecule is CNCCc1[nH]nc(-c2ccc(C)c(C)c2C)c1C. The summed E-state index contributed by atoms with van der Waals surface area (Å²) in [6.45, 7) is 9.63. The van der Waals surface area contributed by atoms with Crippen LogP contribution in [0.5, 0.6) is 0 Å². The summed E-state index contributed by atoms with van der Waals surface area (Å²) in [7, 11) is 1.97. The molecular weight excluding hydrogens is 234 g/mol. The van der Waals surface area contributed by atoms with Gasteiger partial charge < -0.3 is 5.32 Å². The van der Waals surface area contributed by atoms with Gasteiger partial charge in [0.15, 0.2) is 0 Å². The zero-order valence-electron chi connectivity index (χ0n) is 12.5. The molecule has 0 aliphatic rings. The molecule has 0 aliphatic heterocycles. The Morgan fingerprint density at radius 3 is 2.47 bits per heavy atom. The Bertz CT molecular complexity index is 582. The lowest BCUT2D eigenvalue weighted by Gasteiger charge is -2.10. The van der Waals surface area contributed by atoms with Gasteiger partial charge in [-0.25, -0.2) is 0 Å². The molecule has 0 bridgehead atoms. The Morgan fingerprint density at radius 1 is 1.05 bits per heavy atom. The zero-order valence-corrected chi connectivity index (χ0v) is 12.5. The Balaban J connectivity index is 2.43. The summed E-state index contributed by atoms with van der Waals surface area (Å²) in [4.78, 5) is 0. The fourth-order valence-corrected chi connectivity index (χ4v) is 2.40. The van der Waals surface area contributed by atoms with Gasteiger partial charge in [0.1, 0.15) is 0 Å². The number of nitrogens with one attached hydrogen (secondary N) is 2. The molecule has 1 aromatic carbocycles. The third kappa shape index (κ3) is 2.56. The standard InChI is InChI=1S/C16H23N3/c1-10-6-7-14(12(3)11(10)2)16-13(4)15(18-19-16)8-9-17-5/h6-7,17H,8-9H2,1-5H3,(H,18,19). The first-order chi connectivity index (χ1) is 9.06. The van der Waals surface area contributed by atoms with E-state index >= 15 is 0 Å². The van der Waals surface area contributed by atoms with Crippen LogP contribution >= 0.6 is 0 Å². The molecule has 0 atom stereocenters. The molecule has 1 heterocycles. The highest BCUT2D eigenvalue weighted by molar-refractivity contribution is 5.69. The Labute approximate surface area is 115 Å². The van der Waals surface area contributed by atoms with Crippen molar-refractivity contribution >= 4 is 0 Å². The molecule has 0 fully saturated rings. The molecule has 0 spiro atoms. The van der Waals surface area contributed by atoms with Crippen molar-refractivity contribution in [3.8, 4) is 11.3 Å². The molecule has 2 rings (SSSR count). The number of aryl methyl sites for hydroxylation is 1. The summed E-state index contributed by atoms with van der Waals surface area (Å²) in [6, 6.07) is 4.36. The maximum absolute atomic E-state index is 4.52. The predicted octanol–water partition coefficient (Wildman–Crippen LogP) is 3.07. The number of H-pyrrole nitrogens is 1. The Morgan fingerprint density at radius 2 is 1.79 bits per heavy atom. The van der Waals surface area contributed by atoms with E-state index in [1.54, 1.807) is 0 Å². The normalized spacial score (nSPS) is 11.0. The molecule has 0 aliphatic carbocycles. The van der Waals surface area contributed by atoms with Crippen LogP contribution in [0.3, 0.4) is 0 Å². The van der Waals surface area contributed by atoms with Crippen molar-refractivity contribution < 1.29 is 0 Å². The molecule has 1 aromatic heterocycles. The lowest BCUT2D eigenvalue weighted by molar-refractivity contribution is 0.769. The number of hydrogen-bond donors (Lipinski definition) is 2. The first-order valence-corrected chi connectivity index (χ1v) is 6.82. The highest BCUT2D eigenvalue weighted by atomic mass is 15.1. The number of hydrogen-bond acceptors (Lipinski definition) is 2. The first kappa shape index (κ1) is 13.8. The van der Waals surface area contributed by atoms with E-state index < -0.39 is 0 Å². The van der Waals surface area contributed by atoms with Crippen LogP contribution in [0, 0.1) is 27.7 Å². The number of aromatic nitrogens is 2. The minimum atomic E-state index is 0.967. The molecule has 3 heteroatoms. The summed E-state index contributed by atoms with van der Waals surface area (Å²) < 4.78 is 0. The average Bonchev–Trinajstić information content (AvgIpc) is 2.75. The van der Waals surface area contributed by atoms with Crippen molar-refractivity contribution in [3.63, 3.8) is 0 Å². The second-order valence-electron chi connectivity index (χ2n) is 5.21. The van der Waals surface area contributed by atoms with Gasteiger partial charge in [-0.1, -0.05) is 12.1 Å². The maximum Gasteiger partial charge on any atom is 0.0955 e. The third-order valence-electron chi connectivity index (χ3n) is 4.05. The van der Waals surface area contributed by atoms with Crippen LogP contribution in [-0.4, -0.2) is 23.8 Å². The summed E-state index contributed by atoms with van der Waals surface area (Å²) in [6.07, 6.45) is 0.985. The molecule has 102 valence electrons. The topological polar surface area (TPSA) is 40.7 Å². The maximum atomic E-state index is 4.52. The van der Waals surface area contributed by atoms with E-state index in [1.165, 1.54) is 33.5 Å². The minimum absolute atomic E-state index is 0.967. The van der Waals surface area contributed by atoms with Crippen LogP contribution in [0.15, 0.2) is 12.1 Å². The molecule has 0 unspecified atom stereocenters. The van der Waals surface area contributed by atoms with Crippen LogP contribution in [0.1, 0.15) is 27.9 Å². The van der Waals surface area contributed by atoms with Crippen molar-refractivity contribution in [1.29, 1.82) is 0 Å². The number of benzene rings is 1. The van der Waals surface area contributed by atoms with E-state index in [2.05, 4.69) is 55.3 Å². The number of nitrogens with zero attached hydrogens (tertiary/aromatic N) is 1. The number of rotatable bonds is 4. The lowest BCUT2D eigenvalue weighted by Crippen LogP contribution is -2.11. The van der Waals surface area contributed by atoms with Gasteiger partial charge >= 0.3 is 0 Å². The third-order valence-corrected chi connectivity index (χ3v) is 4.05. The summed E-state index contributed by atoms with van der Waals surface area (Å²) >= 11 is 0. The van der Waals surface area contributed by atoms with E-state index in [9.17, 15) is 0 Å². The molecule has 0 saturated carbocycles. The van der Waals surface area contributed by atoms with Crippen molar-refractivity contribution in [3.05, 3.63) is 40.1 Å². The van der Waals surface area contributed by atoms with Crippen LogP contribution < -0.4 is 5.32 Å². The highest BCUT2D eigenvalue weighted by Gasteiger charge is 2.13. The summed E-state index contributed by atoms with van der Waals surface area (Å²) in [5.41, 5.74) is 8.85. The second-order valence-corrected chi connectivity index (χ2v) is 5.21. The molecule has 3 nitrogen and oxygen atoms in total. The van der Waals surface area contributed by atoms with Gasteiger partial charge in [-0.2, -0.15) is 5.10 Å². The Kier molecular flexibility index (Phi) is 4.05. The second kappa shape index (κ2) is 5.57. The molecule has 0 amide bonds. The van der Waals surface area contributed by atoms with E-state index in [4.69, 9.17) is 0 Å². The average molecular weight is 257 g/mol. The van der Waals surface area contributed by atoms with Gasteiger partial charge in [0.2, 0.25) is 0 Å². The van der Waals surface area contributed by atoms with Gasteiger partial charge in [-0.15, -0.1) is 0 Å². The fourth-order valence-electron chi connectivity index (χ4n) is 2.40. The lowest BCUT2D eigenvalue weighted by atomic mass is 9.95. The van der Waals surface area contributed by atoms with E-state index in [0.29, 0.717) is 0 Å². The van der Waals surface area contributed by atoms with Crippen molar-refractivity contribution in [2.45, 2.75) is 34.1 Å². The molecule has 2 aromatic rings. The Hall–Kier alpha value is -1.61. The molecular formula is C16H23N3. The highest BCUT2D eigenvalue weighted by Crippen LogP contribution is 2.29. The summed E-state index contributed by atoms with van der Waals surface area (Å²) in [5.74, 6) is 0. The summed E-state index contributed by atoms with van der Waals surface area (Å²) in [5, 5.41) is 10.9. The van der Waals surface area contributed by atoms with E-state index in [1.807, 2.05) is 7.05 Å². The quantitative estimate of drug-likeness (QED) is 0.883. The van der Waals surface area contributed by atoms with Gasteiger partial charge in [0.25, 0.3) is 0 Å². The van der Waals surface area contributed by atoms with Gasteiger partial charge in [-0.3, -0.25) is 5.10 Å². The van der Waals surface area contributed by atoms with Crippen LogP contribution in [0.2, 0.25) is 0 Å². The van der Waals surface area contributed by atoms with Crippen molar-refractivity contribution in [1.82, 2.24) is 15.5 Å². The number of aromatic amines is 1. The largest absolute Gasteiger partial charge is 0.319 e. The minimum Gasteiger partial charge on any atom is -0.319 e. The molecule has 0 saturated heterocycles. The monoisotopic (exact) mass is 257 g/mol. The van der Waals surface area contributed by atoms with Crippen molar-refractivity contribution in [2.24, 2.45) is 0 Å². The smallest absolute Gasteiger partial charge is 0.0955 e. The fraction of sp³-hybridized carbons (Fsp3) is 0.438. The first-order valence-electron chi connectivity index (χ1n) is 6.82. The van der Waals surface area contributed by atoms with Gasteiger partial charge in [-0.05, 0) is 57.0 Å². The van der Waals surface area contributed by atoms with Crippen LogP contribution in [0.25, 0.3) is 11.3 Å². The van der Waals surface area contributed by atoms with E-state index in [-0.39, 0.29) is 0 Å². The van der Waals surface area contributed by atoms with Crippen LogP contribution in [-0.2, 0) is 6.42 Å². The van der Waals surface area contributed by atoms with Gasteiger partial charge in [0, 0.05) is 24.2 Å². The predicted molar refractivity (Wildman–Crippen MR) is 80.6 cm³/mol. The molecule has 2 N–H and O–H groups in total. The number of likely N-dealkylation sites (N-methyl/N-ethyl adjacent to an activating group) is 1. The van der Waals surface area contributed by atoms with Crippen LogP contribution in [0.4, 0.5) is 0 Å². The zero-order chi connectivity index (χ0) is 14.0. The van der Waals surface area contributed by atoms with Gasteiger partial charge in [0.05, 0.1) is 5.69 Å².